The summed E-state index contributed by atoms with van der Waals surface area (Å²) in [4.78, 5) is 32.7. The molecule has 0 atom stereocenters. The number of benzene rings is 1. The standard InChI is InChI=1S/C18H19ClN4O3/c1-21(2)13-8-6-11-17(26)10-5-7-12(19)16(22(3)4)15(10)23(9-14(24)25)18(11)20-13/h5-8H,9H2,1-4H3,(H,24,25). The van der Waals surface area contributed by atoms with Gasteiger partial charge >= 0.3 is 5.97 Å². The van der Waals surface area contributed by atoms with Gasteiger partial charge in [-0.25, -0.2) is 4.98 Å². The number of fused-ring (bicyclic) bond motifs is 2. The Morgan fingerprint density at radius 3 is 2.35 bits per heavy atom. The van der Waals surface area contributed by atoms with Crippen LogP contribution in [-0.2, 0) is 11.3 Å². The minimum absolute atomic E-state index is 0.200. The SMILES string of the molecule is CN(C)c1ccc2c(=O)c3ccc(Cl)c(N(C)C)c3n(CC(=O)O)c2n1. The van der Waals surface area contributed by atoms with Crippen molar-refractivity contribution < 1.29 is 9.90 Å². The smallest absolute Gasteiger partial charge is 0.323 e. The van der Waals surface area contributed by atoms with Crippen LogP contribution in [0, 0.1) is 0 Å². The van der Waals surface area contributed by atoms with Crippen LogP contribution in [0.25, 0.3) is 21.9 Å². The van der Waals surface area contributed by atoms with Crippen LogP contribution in [0.4, 0.5) is 11.5 Å². The third-order valence-corrected chi connectivity index (χ3v) is 4.48. The van der Waals surface area contributed by atoms with Gasteiger partial charge in [-0.3, -0.25) is 9.59 Å². The van der Waals surface area contributed by atoms with Gasteiger partial charge in [-0.1, -0.05) is 11.6 Å². The van der Waals surface area contributed by atoms with Gasteiger partial charge in [0.25, 0.3) is 0 Å². The van der Waals surface area contributed by atoms with Gasteiger partial charge in [0, 0.05) is 33.6 Å². The molecule has 0 amide bonds. The topological polar surface area (TPSA) is 78.7 Å². The van der Waals surface area contributed by atoms with Gasteiger partial charge in [0.1, 0.15) is 18.0 Å². The molecule has 3 aromatic rings. The zero-order valence-corrected chi connectivity index (χ0v) is 15.7. The molecule has 3 rings (SSSR count). The maximum Gasteiger partial charge on any atom is 0.323 e. The van der Waals surface area contributed by atoms with E-state index in [2.05, 4.69) is 4.98 Å². The van der Waals surface area contributed by atoms with Gasteiger partial charge in [-0.15, -0.1) is 0 Å². The van der Waals surface area contributed by atoms with E-state index in [1.807, 2.05) is 14.1 Å². The Balaban J connectivity index is 2.61. The maximum absolute atomic E-state index is 13.0. The van der Waals surface area contributed by atoms with Crippen LogP contribution < -0.4 is 15.2 Å². The molecule has 0 bridgehead atoms. The molecule has 0 spiro atoms. The summed E-state index contributed by atoms with van der Waals surface area (Å²) in [6, 6.07) is 6.70. The molecule has 1 aromatic carbocycles. The lowest BCUT2D eigenvalue weighted by Gasteiger charge is -2.22. The second-order valence-corrected chi connectivity index (χ2v) is 6.84. The lowest BCUT2D eigenvalue weighted by atomic mass is 10.1. The van der Waals surface area contributed by atoms with Crippen LogP contribution >= 0.6 is 11.6 Å². The molecular weight excluding hydrogens is 356 g/mol. The van der Waals surface area contributed by atoms with E-state index in [1.165, 1.54) is 0 Å². The van der Waals surface area contributed by atoms with E-state index in [9.17, 15) is 14.7 Å². The second-order valence-electron chi connectivity index (χ2n) is 6.43. The summed E-state index contributed by atoms with van der Waals surface area (Å²) in [6.07, 6.45) is 0. The number of hydrogen-bond donors (Lipinski definition) is 1. The van der Waals surface area contributed by atoms with Crippen molar-refractivity contribution in [1.29, 1.82) is 0 Å². The van der Waals surface area contributed by atoms with Crippen molar-refractivity contribution >= 4 is 51.0 Å². The van der Waals surface area contributed by atoms with Gasteiger partial charge in [-0.2, -0.15) is 0 Å². The van der Waals surface area contributed by atoms with Crippen LogP contribution in [-0.4, -0.2) is 48.8 Å². The highest BCUT2D eigenvalue weighted by Crippen LogP contribution is 2.34. The minimum Gasteiger partial charge on any atom is -0.480 e. The molecule has 0 aliphatic rings. The Morgan fingerprint density at radius 1 is 1.12 bits per heavy atom. The molecule has 8 heteroatoms. The third kappa shape index (κ3) is 2.84. The van der Waals surface area contributed by atoms with Crippen molar-refractivity contribution in [3.05, 3.63) is 39.5 Å². The third-order valence-electron chi connectivity index (χ3n) is 4.18. The van der Waals surface area contributed by atoms with Gasteiger partial charge in [-0.05, 0) is 24.3 Å². The summed E-state index contributed by atoms with van der Waals surface area (Å²) in [5.41, 5.74) is 1.17. The normalized spacial score (nSPS) is 11.1. The maximum atomic E-state index is 13.0. The number of aliphatic carboxylic acids is 1. The largest absolute Gasteiger partial charge is 0.480 e. The van der Waals surface area contributed by atoms with E-state index in [4.69, 9.17) is 11.6 Å². The van der Waals surface area contributed by atoms with Gasteiger partial charge < -0.3 is 19.5 Å². The lowest BCUT2D eigenvalue weighted by Crippen LogP contribution is -2.21. The molecule has 26 heavy (non-hydrogen) atoms. The van der Waals surface area contributed by atoms with Crippen molar-refractivity contribution in [2.24, 2.45) is 0 Å². The molecule has 0 saturated heterocycles. The van der Waals surface area contributed by atoms with Gasteiger partial charge in [0.2, 0.25) is 0 Å². The van der Waals surface area contributed by atoms with Crippen molar-refractivity contribution in [3.63, 3.8) is 0 Å². The number of hydrogen-bond acceptors (Lipinski definition) is 5. The van der Waals surface area contributed by atoms with Crippen LogP contribution in [0.5, 0.6) is 0 Å². The zero-order chi connectivity index (χ0) is 19.2. The Morgan fingerprint density at radius 2 is 1.77 bits per heavy atom. The highest BCUT2D eigenvalue weighted by molar-refractivity contribution is 6.35. The lowest BCUT2D eigenvalue weighted by molar-refractivity contribution is -0.137. The van der Waals surface area contributed by atoms with Crippen LogP contribution in [0.15, 0.2) is 29.1 Å². The number of aromatic nitrogens is 2. The quantitative estimate of drug-likeness (QED) is 0.706. The average Bonchev–Trinajstić information content (AvgIpc) is 2.57. The Labute approximate surface area is 155 Å². The van der Waals surface area contributed by atoms with Gasteiger partial charge in [0.15, 0.2) is 5.43 Å². The second kappa shape index (κ2) is 6.49. The Kier molecular flexibility index (Phi) is 4.50. The summed E-state index contributed by atoms with van der Waals surface area (Å²) in [5, 5.41) is 10.7. The molecule has 2 aromatic heterocycles. The number of carboxylic acids is 1. The predicted octanol–water partition coefficient (Wildman–Crippen LogP) is 2.42. The fourth-order valence-corrected chi connectivity index (χ4v) is 3.37. The number of nitrogens with zero attached hydrogens (tertiary/aromatic N) is 4. The van der Waals surface area contributed by atoms with Crippen molar-refractivity contribution in [3.8, 4) is 0 Å². The monoisotopic (exact) mass is 374 g/mol. The van der Waals surface area contributed by atoms with E-state index < -0.39 is 5.97 Å². The first-order valence-electron chi connectivity index (χ1n) is 7.94. The highest BCUT2D eigenvalue weighted by Gasteiger charge is 2.20. The van der Waals surface area contributed by atoms with Crippen LogP contribution in [0.1, 0.15) is 0 Å². The Bertz CT molecular complexity index is 1090. The van der Waals surface area contributed by atoms with Gasteiger partial charge in [0.05, 0.1) is 21.6 Å². The van der Waals surface area contributed by atoms with E-state index in [-0.39, 0.29) is 12.0 Å². The first-order chi connectivity index (χ1) is 12.2. The molecule has 0 aliphatic heterocycles. The summed E-state index contributed by atoms with van der Waals surface area (Å²) < 4.78 is 1.54. The summed E-state index contributed by atoms with van der Waals surface area (Å²) in [6.45, 7) is -0.335. The average molecular weight is 375 g/mol. The number of halogens is 1. The fraction of sp³-hybridized carbons (Fsp3) is 0.278. The van der Waals surface area contributed by atoms with Crippen molar-refractivity contribution in [2.45, 2.75) is 6.54 Å². The molecule has 7 nitrogen and oxygen atoms in total. The van der Waals surface area contributed by atoms with E-state index in [0.717, 1.165) is 0 Å². The van der Waals surface area contributed by atoms with E-state index >= 15 is 0 Å². The number of anilines is 2. The number of carbonyl (C=O) groups is 1. The number of rotatable bonds is 4. The van der Waals surface area contributed by atoms with E-state index in [1.54, 1.807) is 52.7 Å². The molecule has 0 unspecified atom stereocenters. The Hall–Kier alpha value is -2.80. The van der Waals surface area contributed by atoms with Crippen molar-refractivity contribution in [1.82, 2.24) is 9.55 Å². The first-order valence-corrected chi connectivity index (χ1v) is 8.32. The fourth-order valence-electron chi connectivity index (χ4n) is 3.05. The summed E-state index contributed by atoms with van der Waals surface area (Å²) in [5.74, 6) is -0.401. The first kappa shape index (κ1) is 18.0. The van der Waals surface area contributed by atoms with E-state index in [0.29, 0.717) is 38.5 Å². The van der Waals surface area contributed by atoms with Crippen molar-refractivity contribution in [2.75, 3.05) is 38.0 Å². The highest BCUT2D eigenvalue weighted by atomic mass is 35.5. The summed E-state index contributed by atoms with van der Waals surface area (Å²) in [7, 11) is 7.25. The predicted molar refractivity (Wildman–Crippen MR) is 105 cm³/mol. The number of carboxylic acid groups (broad SMARTS) is 1. The minimum atomic E-state index is -1.03. The van der Waals surface area contributed by atoms with Crippen LogP contribution in [0.3, 0.4) is 0 Å². The molecular formula is C18H19ClN4O3. The molecule has 0 fully saturated rings. The zero-order valence-electron chi connectivity index (χ0n) is 14.9. The van der Waals surface area contributed by atoms with Crippen LogP contribution in [0.2, 0.25) is 5.02 Å². The molecule has 2 heterocycles. The molecule has 0 saturated carbocycles. The molecule has 1 N–H and O–H groups in total. The molecule has 136 valence electrons. The number of pyridine rings is 2. The molecule has 0 radical (unpaired) electrons. The summed E-state index contributed by atoms with van der Waals surface area (Å²) >= 11 is 6.36. The molecule has 0 aliphatic carbocycles.